The van der Waals surface area contributed by atoms with Crippen molar-refractivity contribution in [1.29, 1.82) is 5.26 Å². The predicted molar refractivity (Wildman–Crippen MR) is 67.3 cm³/mol. The number of nitrogens with one attached hydrogen (secondary N) is 2. The zero-order chi connectivity index (χ0) is 13.0. The quantitative estimate of drug-likeness (QED) is 0.834. The Morgan fingerprint density at radius 3 is 3.06 bits per heavy atom. The average Bonchev–Trinajstić information content (AvgIpc) is 2.84. The number of carbonyl (C=O) groups excluding carboxylic acids is 1. The second-order valence-corrected chi connectivity index (χ2v) is 4.30. The molecule has 1 fully saturated rings. The summed E-state index contributed by atoms with van der Waals surface area (Å²) in [5.74, 6) is 0. The van der Waals surface area contributed by atoms with Gasteiger partial charge in [-0.15, -0.1) is 0 Å². The molecule has 0 bridgehead atoms. The standard InChI is InChI=1S/C13H15N3O2/c1-9-2-3-10(7-14)6-12(9)16-13(17)15-11-4-5-18-8-11/h2-3,6,11H,4-5,8H2,1H3,(H2,15,16,17). The van der Waals surface area contributed by atoms with Crippen LogP contribution in [0.3, 0.4) is 0 Å². The number of aryl methyl sites for hydroxylation is 1. The fourth-order valence-electron chi connectivity index (χ4n) is 1.82. The summed E-state index contributed by atoms with van der Waals surface area (Å²) in [6.45, 7) is 3.13. The fraction of sp³-hybridized carbons (Fsp3) is 0.385. The molecule has 2 rings (SSSR count). The number of rotatable bonds is 2. The summed E-state index contributed by atoms with van der Waals surface area (Å²) in [6, 6.07) is 7.07. The number of amides is 2. The second kappa shape index (κ2) is 5.52. The Hall–Kier alpha value is -2.06. The van der Waals surface area contributed by atoms with Crippen molar-refractivity contribution in [2.45, 2.75) is 19.4 Å². The maximum absolute atomic E-state index is 11.8. The molecule has 0 aliphatic carbocycles. The van der Waals surface area contributed by atoms with Crippen LogP contribution in [-0.4, -0.2) is 25.3 Å². The van der Waals surface area contributed by atoms with Gasteiger partial charge < -0.3 is 15.4 Å². The minimum Gasteiger partial charge on any atom is -0.379 e. The Labute approximate surface area is 106 Å². The Bertz CT molecular complexity index is 487. The number of ether oxygens (including phenoxy) is 1. The van der Waals surface area contributed by atoms with Crippen LogP contribution < -0.4 is 10.6 Å². The zero-order valence-electron chi connectivity index (χ0n) is 10.2. The van der Waals surface area contributed by atoms with E-state index in [1.54, 1.807) is 12.1 Å². The van der Waals surface area contributed by atoms with E-state index in [2.05, 4.69) is 10.6 Å². The number of anilines is 1. The molecular formula is C13H15N3O2. The van der Waals surface area contributed by atoms with Crippen molar-refractivity contribution in [3.63, 3.8) is 0 Å². The lowest BCUT2D eigenvalue weighted by Crippen LogP contribution is -2.38. The Balaban J connectivity index is 1.99. The van der Waals surface area contributed by atoms with Gasteiger partial charge in [0, 0.05) is 12.3 Å². The molecule has 0 radical (unpaired) electrons. The van der Waals surface area contributed by atoms with Crippen LogP contribution in [0.5, 0.6) is 0 Å². The molecule has 1 aliphatic rings. The third kappa shape index (κ3) is 2.99. The number of nitriles is 1. The summed E-state index contributed by atoms with van der Waals surface area (Å²) in [5.41, 5.74) is 2.11. The van der Waals surface area contributed by atoms with E-state index in [4.69, 9.17) is 10.00 Å². The molecule has 2 amide bonds. The third-order valence-electron chi connectivity index (χ3n) is 2.88. The van der Waals surface area contributed by atoms with Crippen molar-refractivity contribution >= 4 is 11.7 Å². The number of nitrogens with zero attached hydrogens (tertiary/aromatic N) is 1. The molecular weight excluding hydrogens is 230 g/mol. The van der Waals surface area contributed by atoms with Crippen molar-refractivity contribution in [1.82, 2.24) is 5.32 Å². The van der Waals surface area contributed by atoms with Crippen LogP contribution in [0.2, 0.25) is 0 Å². The zero-order valence-corrected chi connectivity index (χ0v) is 10.2. The largest absolute Gasteiger partial charge is 0.379 e. The molecule has 1 saturated heterocycles. The van der Waals surface area contributed by atoms with Crippen LogP contribution in [0.4, 0.5) is 10.5 Å². The maximum Gasteiger partial charge on any atom is 0.319 e. The van der Waals surface area contributed by atoms with E-state index >= 15 is 0 Å². The molecule has 1 aromatic carbocycles. The summed E-state index contributed by atoms with van der Waals surface area (Å²) in [5, 5.41) is 14.4. The summed E-state index contributed by atoms with van der Waals surface area (Å²) in [7, 11) is 0. The van der Waals surface area contributed by atoms with Gasteiger partial charge in [0.05, 0.1) is 24.3 Å². The van der Waals surface area contributed by atoms with E-state index < -0.39 is 0 Å². The first kappa shape index (κ1) is 12.4. The molecule has 0 saturated carbocycles. The third-order valence-corrected chi connectivity index (χ3v) is 2.88. The monoisotopic (exact) mass is 245 g/mol. The van der Waals surface area contributed by atoms with E-state index in [0.717, 1.165) is 12.0 Å². The fourth-order valence-corrected chi connectivity index (χ4v) is 1.82. The molecule has 0 spiro atoms. The molecule has 0 aromatic heterocycles. The highest BCUT2D eigenvalue weighted by Gasteiger charge is 2.17. The smallest absolute Gasteiger partial charge is 0.319 e. The molecule has 1 atom stereocenters. The van der Waals surface area contributed by atoms with Crippen molar-refractivity contribution in [2.24, 2.45) is 0 Å². The molecule has 5 heteroatoms. The normalized spacial score (nSPS) is 18.1. The predicted octanol–water partition coefficient (Wildman–Crippen LogP) is 1.78. The number of hydrogen-bond acceptors (Lipinski definition) is 3. The van der Waals surface area contributed by atoms with Gasteiger partial charge in [-0.05, 0) is 31.0 Å². The highest BCUT2D eigenvalue weighted by Crippen LogP contribution is 2.16. The minimum absolute atomic E-state index is 0.0736. The van der Waals surface area contributed by atoms with Gasteiger partial charge in [-0.3, -0.25) is 0 Å². The first-order chi connectivity index (χ1) is 8.69. The lowest BCUT2D eigenvalue weighted by Gasteiger charge is -2.13. The van der Waals surface area contributed by atoms with Crippen molar-refractivity contribution in [3.05, 3.63) is 29.3 Å². The molecule has 1 aliphatic heterocycles. The van der Waals surface area contributed by atoms with E-state index in [0.29, 0.717) is 24.5 Å². The summed E-state index contributed by atoms with van der Waals surface area (Å²) < 4.78 is 5.18. The van der Waals surface area contributed by atoms with Gasteiger partial charge >= 0.3 is 6.03 Å². The first-order valence-electron chi connectivity index (χ1n) is 5.85. The molecule has 1 heterocycles. The highest BCUT2D eigenvalue weighted by molar-refractivity contribution is 5.90. The van der Waals surface area contributed by atoms with Gasteiger partial charge in [0.1, 0.15) is 0 Å². The Morgan fingerprint density at radius 2 is 2.39 bits per heavy atom. The van der Waals surface area contributed by atoms with E-state index in [-0.39, 0.29) is 12.1 Å². The number of carbonyl (C=O) groups is 1. The van der Waals surface area contributed by atoms with Gasteiger partial charge in [-0.1, -0.05) is 6.07 Å². The molecule has 1 unspecified atom stereocenters. The number of hydrogen-bond donors (Lipinski definition) is 2. The SMILES string of the molecule is Cc1ccc(C#N)cc1NC(=O)NC1CCOC1. The van der Waals surface area contributed by atoms with Crippen molar-refractivity contribution < 1.29 is 9.53 Å². The lowest BCUT2D eigenvalue weighted by molar-refractivity contribution is 0.189. The van der Waals surface area contributed by atoms with E-state index in [9.17, 15) is 4.79 Å². The molecule has 1 aromatic rings. The van der Waals surface area contributed by atoms with Crippen molar-refractivity contribution in [2.75, 3.05) is 18.5 Å². The summed E-state index contributed by atoms with van der Waals surface area (Å²) in [6.07, 6.45) is 0.838. The van der Waals surface area contributed by atoms with Crippen LogP contribution in [-0.2, 0) is 4.74 Å². The van der Waals surface area contributed by atoms with Crippen LogP contribution in [0.1, 0.15) is 17.5 Å². The van der Waals surface area contributed by atoms with E-state index in [1.807, 2.05) is 19.1 Å². The van der Waals surface area contributed by atoms with E-state index in [1.165, 1.54) is 0 Å². The average molecular weight is 245 g/mol. The summed E-state index contributed by atoms with van der Waals surface area (Å²) in [4.78, 5) is 11.8. The van der Waals surface area contributed by atoms with Crippen molar-refractivity contribution in [3.8, 4) is 6.07 Å². The Morgan fingerprint density at radius 1 is 1.56 bits per heavy atom. The van der Waals surface area contributed by atoms with Gasteiger partial charge in [0.2, 0.25) is 0 Å². The molecule has 18 heavy (non-hydrogen) atoms. The van der Waals surface area contributed by atoms with Gasteiger partial charge in [0.25, 0.3) is 0 Å². The maximum atomic E-state index is 11.8. The van der Waals surface area contributed by atoms with Crippen LogP contribution in [0.15, 0.2) is 18.2 Å². The molecule has 94 valence electrons. The van der Waals surface area contributed by atoms with Gasteiger partial charge in [0.15, 0.2) is 0 Å². The van der Waals surface area contributed by atoms with Crippen LogP contribution in [0, 0.1) is 18.3 Å². The minimum atomic E-state index is -0.260. The number of urea groups is 1. The highest BCUT2D eigenvalue weighted by atomic mass is 16.5. The second-order valence-electron chi connectivity index (χ2n) is 4.30. The van der Waals surface area contributed by atoms with Crippen LogP contribution in [0.25, 0.3) is 0 Å². The first-order valence-corrected chi connectivity index (χ1v) is 5.85. The summed E-state index contributed by atoms with van der Waals surface area (Å²) >= 11 is 0. The molecule has 2 N–H and O–H groups in total. The van der Waals surface area contributed by atoms with Crippen LogP contribution >= 0.6 is 0 Å². The molecule has 5 nitrogen and oxygen atoms in total. The topological polar surface area (TPSA) is 74.2 Å². The Kier molecular flexibility index (Phi) is 3.80. The van der Waals surface area contributed by atoms with Gasteiger partial charge in [-0.2, -0.15) is 5.26 Å². The van der Waals surface area contributed by atoms with Gasteiger partial charge in [-0.25, -0.2) is 4.79 Å². The lowest BCUT2D eigenvalue weighted by atomic mass is 10.1. The number of benzene rings is 1.